The van der Waals surface area contributed by atoms with Crippen molar-refractivity contribution < 1.29 is 19.4 Å². The number of urea groups is 1. The van der Waals surface area contributed by atoms with Crippen molar-refractivity contribution in [2.45, 2.75) is 52.5 Å². The molecule has 2 amide bonds. The maximum absolute atomic E-state index is 11.9. The zero-order chi connectivity index (χ0) is 15.4. The zero-order valence-corrected chi connectivity index (χ0v) is 12.9. The second-order valence-corrected chi connectivity index (χ2v) is 4.98. The first kappa shape index (κ1) is 18.7. The van der Waals surface area contributed by atoms with E-state index in [4.69, 9.17) is 9.84 Å². The normalized spacial score (nSPS) is 10.6. The highest BCUT2D eigenvalue weighted by Crippen LogP contribution is 2.01. The highest BCUT2D eigenvalue weighted by molar-refractivity contribution is 5.75. The molecule has 118 valence electrons. The smallest absolute Gasteiger partial charge is 0.317 e. The molecule has 0 aromatic heterocycles. The second kappa shape index (κ2) is 11.5. The molecule has 0 saturated carbocycles. The van der Waals surface area contributed by atoms with E-state index in [0.29, 0.717) is 13.2 Å². The van der Waals surface area contributed by atoms with Gasteiger partial charge >= 0.3 is 12.0 Å². The lowest BCUT2D eigenvalue weighted by molar-refractivity contribution is -0.137. The third-order valence-corrected chi connectivity index (χ3v) is 2.83. The Kier molecular flexibility index (Phi) is 10.8. The number of aliphatic carboxylic acids is 1. The lowest BCUT2D eigenvalue weighted by Gasteiger charge is -2.26. The lowest BCUT2D eigenvalue weighted by Crippen LogP contribution is -2.45. The predicted molar refractivity (Wildman–Crippen MR) is 77.8 cm³/mol. The molecule has 0 fully saturated rings. The number of carbonyl (C=O) groups excluding carboxylic acids is 1. The monoisotopic (exact) mass is 288 g/mol. The van der Waals surface area contributed by atoms with E-state index in [-0.39, 0.29) is 25.0 Å². The van der Waals surface area contributed by atoms with Crippen LogP contribution in [0.1, 0.15) is 46.5 Å². The minimum atomic E-state index is -0.896. The topological polar surface area (TPSA) is 78.9 Å². The van der Waals surface area contributed by atoms with Gasteiger partial charge in [-0.25, -0.2) is 4.79 Å². The minimum Gasteiger partial charge on any atom is -0.481 e. The number of nitrogens with one attached hydrogen (secondary N) is 1. The molecule has 0 rings (SSSR count). The Bertz CT molecular complexity index is 282. The molecule has 0 bridgehead atoms. The van der Waals surface area contributed by atoms with Gasteiger partial charge in [0, 0.05) is 32.3 Å². The van der Waals surface area contributed by atoms with Gasteiger partial charge in [0.05, 0.1) is 6.42 Å². The van der Waals surface area contributed by atoms with Gasteiger partial charge in [-0.1, -0.05) is 13.3 Å². The summed E-state index contributed by atoms with van der Waals surface area (Å²) in [6.07, 6.45) is 2.90. The molecule has 0 atom stereocenters. The van der Waals surface area contributed by atoms with Crippen LogP contribution in [-0.2, 0) is 9.53 Å². The van der Waals surface area contributed by atoms with Crippen molar-refractivity contribution in [3.05, 3.63) is 0 Å². The van der Waals surface area contributed by atoms with Gasteiger partial charge in [0.2, 0.25) is 0 Å². The summed E-state index contributed by atoms with van der Waals surface area (Å²) in [7, 11) is 0. The van der Waals surface area contributed by atoms with Gasteiger partial charge in [-0.15, -0.1) is 0 Å². The number of unbranched alkanes of at least 4 members (excludes halogenated alkanes) is 1. The van der Waals surface area contributed by atoms with E-state index < -0.39 is 5.97 Å². The van der Waals surface area contributed by atoms with Crippen LogP contribution in [-0.4, -0.2) is 54.4 Å². The third kappa shape index (κ3) is 9.61. The highest BCUT2D eigenvalue weighted by atomic mass is 16.5. The van der Waals surface area contributed by atoms with Crippen LogP contribution in [0.2, 0.25) is 0 Å². The Balaban J connectivity index is 3.81. The van der Waals surface area contributed by atoms with E-state index >= 15 is 0 Å². The summed E-state index contributed by atoms with van der Waals surface area (Å²) < 4.78 is 5.40. The summed E-state index contributed by atoms with van der Waals surface area (Å²) in [4.78, 5) is 24.0. The molecule has 0 aliphatic carbocycles. The van der Waals surface area contributed by atoms with Gasteiger partial charge < -0.3 is 20.1 Å². The van der Waals surface area contributed by atoms with Gasteiger partial charge in [0.25, 0.3) is 0 Å². The van der Waals surface area contributed by atoms with Gasteiger partial charge in [-0.05, 0) is 26.7 Å². The number of rotatable bonds is 11. The Morgan fingerprint density at radius 3 is 2.45 bits per heavy atom. The Hall–Kier alpha value is -1.30. The molecule has 6 heteroatoms. The van der Waals surface area contributed by atoms with E-state index in [1.807, 2.05) is 13.8 Å². The van der Waals surface area contributed by atoms with Crippen molar-refractivity contribution in [1.82, 2.24) is 10.2 Å². The summed E-state index contributed by atoms with van der Waals surface area (Å²) in [5.41, 5.74) is 0. The molecule has 0 aliphatic rings. The number of carboxylic acids is 1. The van der Waals surface area contributed by atoms with E-state index in [2.05, 4.69) is 12.2 Å². The first-order chi connectivity index (χ1) is 9.49. The quantitative estimate of drug-likeness (QED) is 0.571. The molecule has 0 radical (unpaired) electrons. The number of hydrogen-bond acceptors (Lipinski definition) is 3. The van der Waals surface area contributed by atoms with Crippen molar-refractivity contribution >= 4 is 12.0 Å². The fourth-order valence-electron chi connectivity index (χ4n) is 1.63. The highest BCUT2D eigenvalue weighted by Gasteiger charge is 2.17. The van der Waals surface area contributed by atoms with Gasteiger partial charge in [-0.2, -0.15) is 0 Å². The summed E-state index contributed by atoms with van der Waals surface area (Å²) in [6.45, 7) is 8.02. The SMILES string of the molecule is CCCCOCCCNC(=O)N(CCC(=O)O)C(C)C. The van der Waals surface area contributed by atoms with Gasteiger partial charge in [0.1, 0.15) is 0 Å². The summed E-state index contributed by atoms with van der Waals surface area (Å²) >= 11 is 0. The molecule has 0 aromatic rings. The van der Waals surface area contributed by atoms with Crippen molar-refractivity contribution in [2.24, 2.45) is 0 Å². The van der Waals surface area contributed by atoms with Crippen LogP contribution < -0.4 is 5.32 Å². The Labute approximate surface area is 121 Å². The molecule has 0 saturated heterocycles. The van der Waals surface area contributed by atoms with E-state index in [9.17, 15) is 9.59 Å². The number of nitrogens with zero attached hydrogens (tertiary/aromatic N) is 1. The molecule has 0 aliphatic heterocycles. The Morgan fingerprint density at radius 1 is 1.25 bits per heavy atom. The van der Waals surface area contributed by atoms with Crippen LogP contribution >= 0.6 is 0 Å². The molecule has 0 heterocycles. The summed E-state index contributed by atoms with van der Waals surface area (Å²) in [5.74, 6) is -0.896. The van der Waals surface area contributed by atoms with Crippen LogP contribution in [0.25, 0.3) is 0 Å². The van der Waals surface area contributed by atoms with Gasteiger partial charge in [-0.3, -0.25) is 4.79 Å². The van der Waals surface area contributed by atoms with Crippen molar-refractivity contribution in [3.63, 3.8) is 0 Å². The number of amides is 2. The maximum Gasteiger partial charge on any atom is 0.317 e. The first-order valence-corrected chi connectivity index (χ1v) is 7.33. The van der Waals surface area contributed by atoms with E-state index in [1.165, 1.54) is 4.90 Å². The summed E-state index contributed by atoms with van der Waals surface area (Å²) in [5, 5.41) is 11.5. The fourth-order valence-corrected chi connectivity index (χ4v) is 1.63. The second-order valence-electron chi connectivity index (χ2n) is 4.98. The van der Waals surface area contributed by atoms with Crippen LogP contribution in [0.5, 0.6) is 0 Å². The first-order valence-electron chi connectivity index (χ1n) is 7.33. The average Bonchev–Trinajstić information content (AvgIpc) is 2.37. The maximum atomic E-state index is 11.9. The fraction of sp³-hybridized carbons (Fsp3) is 0.857. The third-order valence-electron chi connectivity index (χ3n) is 2.83. The standard InChI is InChI=1S/C14H28N2O4/c1-4-5-10-20-11-6-8-15-14(19)16(12(2)3)9-7-13(17)18/h12H,4-11H2,1-3H3,(H,15,19)(H,17,18). The largest absolute Gasteiger partial charge is 0.481 e. The van der Waals surface area contributed by atoms with Crippen LogP contribution in [0, 0.1) is 0 Å². The molecular formula is C14H28N2O4. The van der Waals surface area contributed by atoms with E-state index in [0.717, 1.165) is 25.9 Å². The minimum absolute atomic E-state index is 0.0184. The molecule has 0 unspecified atom stereocenters. The summed E-state index contributed by atoms with van der Waals surface area (Å²) in [6, 6.07) is -0.232. The van der Waals surface area contributed by atoms with Crippen LogP contribution in [0.4, 0.5) is 4.79 Å². The predicted octanol–water partition coefficient (Wildman–Crippen LogP) is 2.09. The van der Waals surface area contributed by atoms with E-state index in [1.54, 1.807) is 0 Å². The molecule has 20 heavy (non-hydrogen) atoms. The lowest BCUT2D eigenvalue weighted by atomic mass is 10.3. The number of carbonyl (C=O) groups is 2. The molecule has 0 aromatic carbocycles. The number of carboxylic acid groups (broad SMARTS) is 1. The van der Waals surface area contributed by atoms with Crippen LogP contribution in [0.15, 0.2) is 0 Å². The molecule has 2 N–H and O–H groups in total. The van der Waals surface area contributed by atoms with Crippen molar-refractivity contribution in [3.8, 4) is 0 Å². The molecule has 6 nitrogen and oxygen atoms in total. The van der Waals surface area contributed by atoms with Crippen LogP contribution in [0.3, 0.4) is 0 Å². The Morgan fingerprint density at radius 2 is 1.90 bits per heavy atom. The molecule has 0 spiro atoms. The average molecular weight is 288 g/mol. The molecular weight excluding hydrogens is 260 g/mol. The number of ether oxygens (including phenoxy) is 1. The van der Waals surface area contributed by atoms with Crippen molar-refractivity contribution in [2.75, 3.05) is 26.3 Å². The zero-order valence-electron chi connectivity index (χ0n) is 12.9. The number of hydrogen-bond donors (Lipinski definition) is 2. The van der Waals surface area contributed by atoms with Gasteiger partial charge in [0.15, 0.2) is 0 Å². The van der Waals surface area contributed by atoms with Crippen molar-refractivity contribution in [1.29, 1.82) is 0 Å².